The van der Waals surface area contributed by atoms with E-state index in [0.29, 0.717) is 5.75 Å². The van der Waals surface area contributed by atoms with Gasteiger partial charge in [0, 0.05) is 0 Å². The van der Waals surface area contributed by atoms with Crippen LogP contribution in [0.4, 0.5) is 0 Å². The molecule has 0 aliphatic heterocycles. The second-order valence-electron chi connectivity index (χ2n) is 3.77. The van der Waals surface area contributed by atoms with E-state index in [2.05, 4.69) is 13.8 Å². The largest absolute Gasteiger partial charge is 0.490 e. The molecule has 0 heterocycles. The number of hydrogen-bond donors (Lipinski definition) is 1. The molecular weight excluding hydrogens is 204 g/mol. The third-order valence-corrected chi connectivity index (χ3v) is 2.45. The smallest absolute Gasteiger partial charge is 0.335 e. The van der Waals surface area contributed by atoms with Gasteiger partial charge in [0.25, 0.3) is 0 Å². The van der Waals surface area contributed by atoms with Gasteiger partial charge in [0.1, 0.15) is 5.75 Å². The lowest BCUT2D eigenvalue weighted by molar-refractivity contribution is 0.0696. The molecule has 1 atom stereocenters. The summed E-state index contributed by atoms with van der Waals surface area (Å²) in [6, 6.07) is 6.64. The first-order valence-corrected chi connectivity index (χ1v) is 5.67. The SMILES string of the molecule is CCCC(CC)Oc1cccc(C(=O)O)c1. The number of aromatic carboxylic acids is 1. The molecule has 0 aliphatic carbocycles. The van der Waals surface area contributed by atoms with Gasteiger partial charge in [-0.2, -0.15) is 0 Å². The van der Waals surface area contributed by atoms with Gasteiger partial charge < -0.3 is 9.84 Å². The molecule has 1 N–H and O–H groups in total. The lowest BCUT2D eigenvalue weighted by Crippen LogP contribution is -2.15. The molecule has 0 radical (unpaired) electrons. The number of carbonyl (C=O) groups is 1. The molecule has 0 spiro atoms. The number of benzene rings is 1. The Morgan fingerprint density at radius 2 is 2.19 bits per heavy atom. The first-order chi connectivity index (χ1) is 7.67. The first-order valence-electron chi connectivity index (χ1n) is 5.67. The summed E-state index contributed by atoms with van der Waals surface area (Å²) in [4.78, 5) is 10.8. The molecule has 1 aromatic carbocycles. The molecule has 0 amide bonds. The maximum atomic E-state index is 10.8. The molecule has 1 unspecified atom stereocenters. The molecule has 88 valence electrons. The summed E-state index contributed by atoms with van der Waals surface area (Å²) >= 11 is 0. The Kier molecular flexibility index (Phi) is 4.83. The fraction of sp³-hybridized carbons (Fsp3) is 0.462. The normalized spacial score (nSPS) is 12.1. The van der Waals surface area contributed by atoms with Crippen LogP contribution in [0.5, 0.6) is 5.75 Å². The Hall–Kier alpha value is -1.51. The van der Waals surface area contributed by atoms with Gasteiger partial charge in [-0.05, 0) is 31.0 Å². The lowest BCUT2D eigenvalue weighted by Gasteiger charge is -2.16. The Morgan fingerprint density at radius 3 is 2.75 bits per heavy atom. The minimum absolute atomic E-state index is 0.175. The van der Waals surface area contributed by atoms with E-state index in [0.717, 1.165) is 19.3 Å². The molecule has 3 heteroatoms. The first kappa shape index (κ1) is 12.6. The van der Waals surface area contributed by atoms with E-state index in [1.807, 2.05) is 0 Å². The van der Waals surface area contributed by atoms with Crippen molar-refractivity contribution >= 4 is 5.97 Å². The van der Waals surface area contributed by atoms with Crippen LogP contribution < -0.4 is 4.74 Å². The van der Waals surface area contributed by atoms with Crippen LogP contribution in [0, 0.1) is 0 Å². The highest BCUT2D eigenvalue weighted by molar-refractivity contribution is 5.87. The highest BCUT2D eigenvalue weighted by Crippen LogP contribution is 2.17. The van der Waals surface area contributed by atoms with Crippen molar-refractivity contribution in [2.75, 3.05) is 0 Å². The molecule has 0 bridgehead atoms. The molecule has 0 saturated carbocycles. The van der Waals surface area contributed by atoms with Crippen molar-refractivity contribution in [3.05, 3.63) is 29.8 Å². The summed E-state index contributed by atoms with van der Waals surface area (Å²) in [5.41, 5.74) is 0.267. The van der Waals surface area contributed by atoms with Gasteiger partial charge in [-0.1, -0.05) is 26.3 Å². The molecule has 0 aromatic heterocycles. The molecule has 1 rings (SSSR count). The van der Waals surface area contributed by atoms with Gasteiger partial charge in [0.15, 0.2) is 0 Å². The summed E-state index contributed by atoms with van der Waals surface area (Å²) in [5, 5.41) is 8.85. The van der Waals surface area contributed by atoms with E-state index in [1.165, 1.54) is 0 Å². The van der Waals surface area contributed by atoms with Crippen LogP contribution in [-0.4, -0.2) is 17.2 Å². The number of rotatable bonds is 6. The van der Waals surface area contributed by atoms with E-state index < -0.39 is 5.97 Å². The summed E-state index contributed by atoms with van der Waals surface area (Å²) in [6.07, 6.45) is 3.17. The van der Waals surface area contributed by atoms with Gasteiger partial charge in [-0.3, -0.25) is 0 Å². The fourth-order valence-corrected chi connectivity index (χ4v) is 1.56. The maximum Gasteiger partial charge on any atom is 0.335 e. The van der Waals surface area contributed by atoms with E-state index in [9.17, 15) is 4.79 Å². The van der Waals surface area contributed by atoms with Gasteiger partial charge in [0.05, 0.1) is 11.7 Å². The highest BCUT2D eigenvalue weighted by atomic mass is 16.5. The van der Waals surface area contributed by atoms with Gasteiger partial charge in [-0.15, -0.1) is 0 Å². The molecule has 0 fully saturated rings. The molecule has 0 saturated heterocycles. The fourth-order valence-electron chi connectivity index (χ4n) is 1.56. The van der Waals surface area contributed by atoms with Crippen LogP contribution in [-0.2, 0) is 0 Å². The molecule has 3 nitrogen and oxygen atoms in total. The number of carboxylic acid groups (broad SMARTS) is 1. The van der Waals surface area contributed by atoms with E-state index in [4.69, 9.17) is 9.84 Å². The van der Waals surface area contributed by atoms with Crippen molar-refractivity contribution in [2.45, 2.75) is 39.2 Å². The topological polar surface area (TPSA) is 46.5 Å². The average Bonchev–Trinajstić information content (AvgIpc) is 2.29. The maximum absolute atomic E-state index is 10.8. The van der Waals surface area contributed by atoms with Crippen molar-refractivity contribution in [1.29, 1.82) is 0 Å². The summed E-state index contributed by atoms with van der Waals surface area (Å²) in [6.45, 7) is 4.18. The monoisotopic (exact) mass is 222 g/mol. The number of ether oxygens (including phenoxy) is 1. The molecule has 0 aliphatic rings. The summed E-state index contributed by atoms with van der Waals surface area (Å²) in [7, 11) is 0. The minimum Gasteiger partial charge on any atom is -0.490 e. The zero-order valence-electron chi connectivity index (χ0n) is 9.77. The second-order valence-corrected chi connectivity index (χ2v) is 3.77. The highest BCUT2D eigenvalue weighted by Gasteiger charge is 2.08. The molecule has 16 heavy (non-hydrogen) atoms. The van der Waals surface area contributed by atoms with Crippen LogP contribution in [0.15, 0.2) is 24.3 Å². The average molecular weight is 222 g/mol. The Bertz CT molecular complexity index is 347. The zero-order chi connectivity index (χ0) is 12.0. The van der Waals surface area contributed by atoms with E-state index in [-0.39, 0.29) is 11.7 Å². The zero-order valence-corrected chi connectivity index (χ0v) is 9.77. The Labute approximate surface area is 96.1 Å². The van der Waals surface area contributed by atoms with Crippen molar-refractivity contribution in [3.63, 3.8) is 0 Å². The van der Waals surface area contributed by atoms with Crippen LogP contribution >= 0.6 is 0 Å². The quantitative estimate of drug-likeness (QED) is 0.802. The van der Waals surface area contributed by atoms with Crippen molar-refractivity contribution in [2.24, 2.45) is 0 Å². The third kappa shape index (κ3) is 3.57. The summed E-state index contributed by atoms with van der Waals surface area (Å²) < 4.78 is 5.73. The standard InChI is InChI=1S/C13H18O3/c1-3-6-11(4-2)16-12-8-5-7-10(9-12)13(14)15/h5,7-9,11H,3-4,6H2,1-2H3,(H,14,15). The van der Waals surface area contributed by atoms with Gasteiger partial charge in [-0.25, -0.2) is 4.79 Å². The van der Waals surface area contributed by atoms with E-state index in [1.54, 1.807) is 24.3 Å². The Balaban J connectivity index is 2.72. The predicted molar refractivity (Wildman–Crippen MR) is 63.0 cm³/mol. The van der Waals surface area contributed by atoms with Crippen LogP contribution in [0.3, 0.4) is 0 Å². The van der Waals surface area contributed by atoms with Crippen molar-refractivity contribution in [3.8, 4) is 5.75 Å². The van der Waals surface area contributed by atoms with Crippen LogP contribution in [0.1, 0.15) is 43.5 Å². The van der Waals surface area contributed by atoms with Crippen molar-refractivity contribution in [1.82, 2.24) is 0 Å². The van der Waals surface area contributed by atoms with Crippen LogP contribution in [0.25, 0.3) is 0 Å². The summed E-state index contributed by atoms with van der Waals surface area (Å²) in [5.74, 6) is -0.283. The van der Waals surface area contributed by atoms with E-state index >= 15 is 0 Å². The number of hydrogen-bond acceptors (Lipinski definition) is 2. The predicted octanol–water partition coefficient (Wildman–Crippen LogP) is 3.34. The van der Waals surface area contributed by atoms with Crippen molar-refractivity contribution < 1.29 is 14.6 Å². The van der Waals surface area contributed by atoms with Gasteiger partial charge >= 0.3 is 5.97 Å². The molecule has 1 aromatic rings. The minimum atomic E-state index is -0.922. The Morgan fingerprint density at radius 1 is 1.44 bits per heavy atom. The third-order valence-electron chi connectivity index (χ3n) is 2.45. The van der Waals surface area contributed by atoms with Gasteiger partial charge in [0.2, 0.25) is 0 Å². The lowest BCUT2D eigenvalue weighted by atomic mass is 10.1. The second kappa shape index (κ2) is 6.16. The van der Waals surface area contributed by atoms with Crippen LogP contribution in [0.2, 0.25) is 0 Å². The molecular formula is C13H18O3. The number of carboxylic acids is 1.